The summed E-state index contributed by atoms with van der Waals surface area (Å²) in [5.41, 5.74) is 2.17. The van der Waals surface area contributed by atoms with Gasteiger partial charge in [0.05, 0.1) is 10.6 Å². The molecule has 10 heteroatoms. The van der Waals surface area contributed by atoms with Crippen molar-refractivity contribution in [3.8, 4) is 0 Å². The highest BCUT2D eigenvalue weighted by molar-refractivity contribution is 9.10. The average molecular weight is 526 g/mol. The molecule has 2 aromatic rings. The van der Waals surface area contributed by atoms with Crippen LogP contribution in [0.15, 0.2) is 57.9 Å². The van der Waals surface area contributed by atoms with Crippen LogP contribution in [0.5, 0.6) is 0 Å². The summed E-state index contributed by atoms with van der Waals surface area (Å²) in [6.07, 6.45) is 0.139. The van der Waals surface area contributed by atoms with E-state index < -0.39 is 27.4 Å². The van der Waals surface area contributed by atoms with Crippen molar-refractivity contribution in [1.29, 1.82) is 0 Å². The fourth-order valence-electron chi connectivity index (χ4n) is 2.84. The predicted octanol–water partition coefficient (Wildman–Crippen LogP) is 3.04. The Balaban J connectivity index is 2.14. The summed E-state index contributed by atoms with van der Waals surface area (Å²) in [7, 11) is -3.78. The second-order valence-corrected chi connectivity index (χ2v) is 10.0. The quantitative estimate of drug-likeness (QED) is 0.435. The highest BCUT2D eigenvalue weighted by Crippen LogP contribution is 2.20. The number of hydrazine groups is 1. The Morgan fingerprint density at radius 2 is 1.59 bits per heavy atom. The van der Waals surface area contributed by atoms with Crippen molar-refractivity contribution in [2.45, 2.75) is 50.5 Å². The van der Waals surface area contributed by atoms with Gasteiger partial charge in [-0.05, 0) is 56.2 Å². The number of benzene rings is 2. The maximum atomic E-state index is 12.9. The molecule has 0 aromatic heterocycles. The van der Waals surface area contributed by atoms with Crippen molar-refractivity contribution >= 4 is 43.5 Å². The molecule has 0 aliphatic carbocycles. The van der Waals surface area contributed by atoms with Crippen LogP contribution in [-0.2, 0) is 19.6 Å². The van der Waals surface area contributed by atoms with Crippen molar-refractivity contribution in [1.82, 2.24) is 10.1 Å². The van der Waals surface area contributed by atoms with Crippen LogP contribution in [0.4, 0.5) is 5.69 Å². The number of anilines is 1. The average Bonchev–Trinajstić information content (AvgIpc) is 2.77. The number of amides is 2. The second kappa shape index (κ2) is 11.0. The van der Waals surface area contributed by atoms with Crippen LogP contribution < -0.4 is 15.2 Å². The largest absolute Gasteiger partial charge is 0.380 e. The van der Waals surface area contributed by atoms with E-state index in [9.17, 15) is 23.1 Å². The Hall–Kier alpha value is -2.27. The van der Waals surface area contributed by atoms with Crippen LogP contribution in [0.3, 0.4) is 0 Å². The van der Waals surface area contributed by atoms with E-state index in [0.717, 1.165) is 15.0 Å². The normalized spacial score (nSPS) is 11.8. The third kappa shape index (κ3) is 6.61. The Bertz CT molecular complexity index is 1040. The van der Waals surface area contributed by atoms with Crippen LogP contribution >= 0.6 is 15.9 Å². The Labute approximate surface area is 197 Å². The summed E-state index contributed by atoms with van der Waals surface area (Å²) in [4.78, 5) is 25.7. The van der Waals surface area contributed by atoms with Gasteiger partial charge < -0.3 is 5.11 Å². The molecular formula is C22H28BrN3O5S. The number of nitrogens with one attached hydrogen (secondary N) is 2. The minimum absolute atomic E-state index is 0.101. The predicted molar refractivity (Wildman–Crippen MR) is 126 cm³/mol. The van der Waals surface area contributed by atoms with Gasteiger partial charge in [-0.1, -0.05) is 47.5 Å². The molecule has 0 fully saturated rings. The van der Waals surface area contributed by atoms with Gasteiger partial charge >= 0.3 is 0 Å². The Morgan fingerprint density at radius 3 is 2.12 bits per heavy atom. The standard InChI is InChI=1S/C22H28BrN3O5S/c1-4-22(29,5-2)21(28)25-26(18-10-8-17(23)9-11-18)20(27)14-15-24-32(30,31)19-12-6-16(3)7-13-19/h6-13,24,29H,4-5,14-15H2,1-3H3,(H,25,28). The van der Waals surface area contributed by atoms with E-state index in [0.29, 0.717) is 5.69 Å². The summed E-state index contributed by atoms with van der Waals surface area (Å²) < 4.78 is 28.1. The van der Waals surface area contributed by atoms with Crippen LogP contribution in [-0.4, -0.2) is 37.5 Å². The summed E-state index contributed by atoms with van der Waals surface area (Å²) in [6, 6.07) is 13.0. The van der Waals surface area contributed by atoms with Gasteiger partial charge in [-0.3, -0.25) is 15.0 Å². The third-order valence-electron chi connectivity index (χ3n) is 5.10. The fourth-order valence-corrected chi connectivity index (χ4v) is 4.14. The van der Waals surface area contributed by atoms with E-state index in [-0.39, 0.29) is 30.7 Å². The number of sulfonamides is 1. The minimum atomic E-state index is -3.78. The van der Waals surface area contributed by atoms with Gasteiger partial charge in [-0.25, -0.2) is 18.1 Å². The SMILES string of the molecule is CCC(O)(CC)C(=O)NN(C(=O)CCNS(=O)(=O)c1ccc(C)cc1)c1ccc(Br)cc1. The van der Waals surface area contributed by atoms with E-state index in [1.165, 1.54) is 12.1 Å². The van der Waals surface area contributed by atoms with E-state index in [1.54, 1.807) is 50.2 Å². The molecule has 174 valence electrons. The van der Waals surface area contributed by atoms with Gasteiger partial charge in [0.2, 0.25) is 15.9 Å². The Morgan fingerprint density at radius 1 is 1.03 bits per heavy atom. The molecule has 3 N–H and O–H groups in total. The van der Waals surface area contributed by atoms with Crippen molar-refractivity contribution < 1.29 is 23.1 Å². The molecule has 0 bridgehead atoms. The lowest BCUT2D eigenvalue weighted by molar-refractivity contribution is -0.142. The van der Waals surface area contributed by atoms with Gasteiger partial charge in [0.25, 0.3) is 5.91 Å². The zero-order valence-corrected chi connectivity index (χ0v) is 20.7. The number of halogens is 1. The lowest BCUT2D eigenvalue weighted by Gasteiger charge is -2.30. The van der Waals surface area contributed by atoms with E-state index >= 15 is 0 Å². The van der Waals surface area contributed by atoms with Crippen molar-refractivity contribution in [2.24, 2.45) is 0 Å². The smallest absolute Gasteiger partial charge is 0.270 e. The highest BCUT2D eigenvalue weighted by atomic mass is 79.9. The molecule has 2 amide bonds. The highest BCUT2D eigenvalue weighted by Gasteiger charge is 2.34. The van der Waals surface area contributed by atoms with Crippen LogP contribution in [0.25, 0.3) is 0 Å². The molecule has 0 saturated carbocycles. The minimum Gasteiger partial charge on any atom is -0.380 e. The lowest BCUT2D eigenvalue weighted by atomic mass is 9.97. The number of hydrogen-bond donors (Lipinski definition) is 3. The molecule has 0 saturated heterocycles. The number of aliphatic hydroxyl groups is 1. The van der Waals surface area contributed by atoms with Gasteiger partial charge in [0, 0.05) is 17.4 Å². The zero-order chi connectivity index (χ0) is 23.9. The van der Waals surface area contributed by atoms with Crippen LogP contribution in [0, 0.1) is 6.92 Å². The molecule has 0 unspecified atom stereocenters. The number of nitrogens with zero attached hydrogens (tertiary/aromatic N) is 1. The number of aryl methyl sites for hydroxylation is 1. The molecule has 8 nitrogen and oxygen atoms in total. The molecular weight excluding hydrogens is 498 g/mol. The first-order valence-electron chi connectivity index (χ1n) is 10.2. The van der Waals surface area contributed by atoms with E-state index in [2.05, 4.69) is 26.1 Å². The number of carbonyl (C=O) groups excluding carboxylic acids is 2. The number of carbonyl (C=O) groups is 2. The second-order valence-electron chi connectivity index (χ2n) is 7.35. The molecule has 0 heterocycles. The first-order valence-corrected chi connectivity index (χ1v) is 12.5. The zero-order valence-electron chi connectivity index (χ0n) is 18.3. The maximum absolute atomic E-state index is 12.9. The first-order chi connectivity index (χ1) is 15.0. The molecule has 32 heavy (non-hydrogen) atoms. The third-order valence-corrected chi connectivity index (χ3v) is 7.11. The maximum Gasteiger partial charge on any atom is 0.270 e. The van der Waals surface area contributed by atoms with Crippen molar-refractivity contribution in [3.63, 3.8) is 0 Å². The molecule has 2 rings (SSSR count). The van der Waals surface area contributed by atoms with Gasteiger partial charge in [-0.2, -0.15) is 0 Å². The molecule has 0 atom stereocenters. The van der Waals surface area contributed by atoms with Gasteiger partial charge in [0.1, 0.15) is 5.60 Å². The monoisotopic (exact) mass is 525 g/mol. The lowest BCUT2D eigenvalue weighted by Crippen LogP contribution is -2.55. The van der Waals surface area contributed by atoms with Crippen LogP contribution in [0.2, 0.25) is 0 Å². The summed E-state index contributed by atoms with van der Waals surface area (Å²) >= 11 is 3.32. The Kier molecular flexibility index (Phi) is 8.97. The topological polar surface area (TPSA) is 116 Å². The summed E-state index contributed by atoms with van der Waals surface area (Å²) in [5, 5.41) is 11.5. The van der Waals surface area contributed by atoms with E-state index in [1.807, 2.05) is 6.92 Å². The van der Waals surface area contributed by atoms with Gasteiger partial charge in [0.15, 0.2) is 0 Å². The summed E-state index contributed by atoms with van der Waals surface area (Å²) in [6.45, 7) is 5.04. The van der Waals surface area contributed by atoms with Crippen molar-refractivity contribution in [2.75, 3.05) is 11.6 Å². The summed E-state index contributed by atoms with van der Waals surface area (Å²) in [5.74, 6) is -1.25. The van der Waals surface area contributed by atoms with Crippen molar-refractivity contribution in [3.05, 3.63) is 58.6 Å². The molecule has 0 spiro atoms. The molecule has 0 aliphatic rings. The fraction of sp³-hybridized carbons (Fsp3) is 0.364. The number of hydrogen-bond acceptors (Lipinski definition) is 5. The number of rotatable bonds is 9. The van der Waals surface area contributed by atoms with Gasteiger partial charge in [-0.15, -0.1) is 0 Å². The van der Waals surface area contributed by atoms with E-state index in [4.69, 9.17) is 0 Å². The molecule has 0 aliphatic heterocycles. The molecule has 0 radical (unpaired) electrons. The van der Waals surface area contributed by atoms with Crippen LogP contribution in [0.1, 0.15) is 38.7 Å². The molecule has 2 aromatic carbocycles. The first kappa shape index (κ1) is 26.0.